The van der Waals surface area contributed by atoms with Crippen LogP contribution in [-0.2, 0) is 0 Å². The molecule has 0 bridgehead atoms. The van der Waals surface area contributed by atoms with E-state index in [4.69, 9.17) is 4.74 Å². The molecule has 2 atom stereocenters. The van der Waals surface area contributed by atoms with Crippen LogP contribution in [0.15, 0.2) is 18.2 Å². The first kappa shape index (κ1) is 13.9. The van der Waals surface area contributed by atoms with Gasteiger partial charge < -0.3 is 10.1 Å². The Morgan fingerprint density at radius 2 is 2.05 bits per heavy atom. The third kappa shape index (κ3) is 2.83. The van der Waals surface area contributed by atoms with Crippen LogP contribution in [0.3, 0.4) is 0 Å². The van der Waals surface area contributed by atoms with Crippen molar-refractivity contribution < 1.29 is 9.13 Å². The van der Waals surface area contributed by atoms with Crippen LogP contribution in [0, 0.1) is 11.7 Å². The Hall–Kier alpha value is -1.09. The Balaban J connectivity index is 1.83. The molecule has 1 N–H and O–H groups in total. The first-order valence-electron chi connectivity index (χ1n) is 7.97. The van der Waals surface area contributed by atoms with Crippen LogP contribution < -0.4 is 10.1 Å². The first-order chi connectivity index (χ1) is 9.78. The van der Waals surface area contributed by atoms with Crippen LogP contribution in [0.2, 0.25) is 0 Å². The third-order valence-corrected chi connectivity index (χ3v) is 4.72. The summed E-state index contributed by atoms with van der Waals surface area (Å²) in [5.41, 5.74) is 1.11. The summed E-state index contributed by atoms with van der Waals surface area (Å²) in [4.78, 5) is 0. The molecule has 3 rings (SSSR count). The highest BCUT2D eigenvalue weighted by atomic mass is 19.1. The second-order valence-electron chi connectivity index (χ2n) is 6.08. The van der Waals surface area contributed by atoms with Gasteiger partial charge >= 0.3 is 0 Å². The molecule has 3 heteroatoms. The van der Waals surface area contributed by atoms with Crippen molar-refractivity contribution in [2.75, 3.05) is 6.54 Å². The van der Waals surface area contributed by atoms with Crippen LogP contribution in [0.5, 0.6) is 5.75 Å². The van der Waals surface area contributed by atoms with Crippen LogP contribution in [-0.4, -0.2) is 12.6 Å². The second kappa shape index (κ2) is 6.13. The number of rotatable bonds is 3. The zero-order chi connectivity index (χ0) is 13.9. The van der Waals surface area contributed by atoms with Gasteiger partial charge in [-0.1, -0.05) is 32.3 Å². The summed E-state index contributed by atoms with van der Waals surface area (Å²) in [6.45, 7) is 3.05. The molecule has 1 aromatic rings. The van der Waals surface area contributed by atoms with E-state index in [2.05, 4.69) is 12.2 Å². The Morgan fingerprint density at radius 3 is 2.80 bits per heavy atom. The minimum atomic E-state index is -0.205. The van der Waals surface area contributed by atoms with Crippen molar-refractivity contribution >= 4 is 0 Å². The molecule has 110 valence electrons. The minimum absolute atomic E-state index is 0.205. The number of benzene rings is 1. The summed E-state index contributed by atoms with van der Waals surface area (Å²) < 4.78 is 19.6. The normalized spacial score (nSPS) is 26.9. The lowest BCUT2D eigenvalue weighted by Crippen LogP contribution is -2.38. The smallest absolute Gasteiger partial charge is 0.127 e. The van der Waals surface area contributed by atoms with Crippen molar-refractivity contribution in [2.45, 2.75) is 57.6 Å². The molecule has 0 aromatic heterocycles. The predicted octanol–water partition coefficient (Wildman–Crippen LogP) is 4.21. The van der Waals surface area contributed by atoms with Gasteiger partial charge in [-0.2, -0.15) is 0 Å². The van der Waals surface area contributed by atoms with E-state index in [0.717, 1.165) is 24.3 Å². The maximum Gasteiger partial charge on any atom is 0.127 e. The van der Waals surface area contributed by atoms with E-state index in [9.17, 15) is 4.39 Å². The van der Waals surface area contributed by atoms with Gasteiger partial charge in [-0.3, -0.25) is 0 Å². The van der Waals surface area contributed by atoms with Gasteiger partial charge in [-0.15, -0.1) is 0 Å². The Labute approximate surface area is 120 Å². The Morgan fingerprint density at radius 1 is 1.25 bits per heavy atom. The van der Waals surface area contributed by atoms with Crippen LogP contribution in [0.1, 0.15) is 57.1 Å². The molecular weight excluding hydrogens is 253 g/mol. The van der Waals surface area contributed by atoms with Gasteiger partial charge in [0, 0.05) is 24.1 Å². The van der Waals surface area contributed by atoms with Crippen LogP contribution in [0.4, 0.5) is 4.39 Å². The van der Waals surface area contributed by atoms with E-state index < -0.39 is 0 Å². The molecule has 2 nitrogen and oxygen atoms in total. The molecule has 0 amide bonds. The highest BCUT2D eigenvalue weighted by Crippen LogP contribution is 2.40. The van der Waals surface area contributed by atoms with E-state index in [-0.39, 0.29) is 11.9 Å². The SMILES string of the molecule is CCNC1CC(C2CCCCC2)Oc2cc(F)ccc21. The van der Waals surface area contributed by atoms with Crippen LogP contribution in [0.25, 0.3) is 0 Å². The molecule has 0 saturated heterocycles. The monoisotopic (exact) mass is 277 g/mol. The van der Waals surface area contributed by atoms with Crippen molar-refractivity contribution in [3.8, 4) is 5.75 Å². The van der Waals surface area contributed by atoms with Crippen molar-refractivity contribution in [3.05, 3.63) is 29.6 Å². The summed E-state index contributed by atoms with van der Waals surface area (Å²) in [7, 11) is 0. The number of halogens is 1. The summed E-state index contributed by atoms with van der Waals surface area (Å²) >= 11 is 0. The summed E-state index contributed by atoms with van der Waals surface area (Å²) in [5, 5.41) is 3.53. The fourth-order valence-electron chi connectivity index (χ4n) is 3.70. The fraction of sp³-hybridized carbons (Fsp3) is 0.647. The van der Waals surface area contributed by atoms with Gasteiger partial charge in [0.1, 0.15) is 17.7 Å². The summed E-state index contributed by atoms with van der Waals surface area (Å²) in [6, 6.07) is 5.26. The quantitative estimate of drug-likeness (QED) is 0.893. The van der Waals surface area contributed by atoms with E-state index in [1.807, 2.05) is 6.07 Å². The van der Waals surface area contributed by atoms with Gasteiger partial charge in [0.15, 0.2) is 0 Å². The molecule has 2 aliphatic rings. The third-order valence-electron chi connectivity index (χ3n) is 4.72. The standard InChI is InChI=1S/C17H24FNO/c1-2-19-15-11-16(12-6-4-3-5-7-12)20-17-10-13(18)8-9-14(15)17/h8-10,12,15-16,19H,2-7,11H2,1H3. The second-order valence-corrected chi connectivity index (χ2v) is 6.08. The molecule has 0 radical (unpaired) electrons. The topological polar surface area (TPSA) is 21.3 Å². The van der Waals surface area contributed by atoms with Gasteiger partial charge in [0.25, 0.3) is 0 Å². The maximum atomic E-state index is 13.5. The average molecular weight is 277 g/mol. The predicted molar refractivity (Wildman–Crippen MR) is 78.4 cm³/mol. The number of nitrogens with one attached hydrogen (secondary N) is 1. The minimum Gasteiger partial charge on any atom is -0.490 e. The first-order valence-corrected chi connectivity index (χ1v) is 7.97. The van der Waals surface area contributed by atoms with Gasteiger partial charge in [0.2, 0.25) is 0 Å². The van der Waals surface area contributed by atoms with E-state index >= 15 is 0 Å². The van der Waals surface area contributed by atoms with Crippen molar-refractivity contribution in [3.63, 3.8) is 0 Å². The molecular formula is C17H24FNO. The molecule has 1 aliphatic carbocycles. The molecule has 1 fully saturated rings. The highest BCUT2D eigenvalue weighted by Gasteiger charge is 2.33. The van der Waals surface area contributed by atoms with E-state index in [1.54, 1.807) is 6.07 Å². The number of ether oxygens (including phenoxy) is 1. The lowest BCUT2D eigenvalue weighted by molar-refractivity contribution is 0.0727. The molecule has 1 saturated carbocycles. The number of fused-ring (bicyclic) bond motifs is 1. The lowest BCUT2D eigenvalue weighted by atomic mass is 9.81. The Bertz CT molecular complexity index is 456. The zero-order valence-corrected chi connectivity index (χ0v) is 12.2. The average Bonchev–Trinajstić information content (AvgIpc) is 2.48. The lowest BCUT2D eigenvalue weighted by Gasteiger charge is -2.38. The Kier molecular flexibility index (Phi) is 4.25. The van der Waals surface area contributed by atoms with Gasteiger partial charge in [-0.05, 0) is 31.4 Å². The molecule has 1 heterocycles. The van der Waals surface area contributed by atoms with E-state index in [0.29, 0.717) is 12.0 Å². The van der Waals surface area contributed by atoms with Crippen molar-refractivity contribution in [1.29, 1.82) is 0 Å². The zero-order valence-electron chi connectivity index (χ0n) is 12.2. The van der Waals surface area contributed by atoms with Crippen molar-refractivity contribution in [1.82, 2.24) is 5.32 Å². The number of hydrogen-bond donors (Lipinski definition) is 1. The largest absolute Gasteiger partial charge is 0.490 e. The van der Waals surface area contributed by atoms with Gasteiger partial charge in [0.05, 0.1) is 0 Å². The molecule has 1 aliphatic heterocycles. The maximum absolute atomic E-state index is 13.5. The van der Waals surface area contributed by atoms with E-state index in [1.165, 1.54) is 38.2 Å². The molecule has 0 spiro atoms. The molecule has 20 heavy (non-hydrogen) atoms. The molecule has 2 unspecified atom stereocenters. The highest BCUT2D eigenvalue weighted by molar-refractivity contribution is 5.38. The molecule has 1 aromatic carbocycles. The fourth-order valence-corrected chi connectivity index (χ4v) is 3.70. The summed E-state index contributed by atoms with van der Waals surface area (Å²) in [5.74, 6) is 1.18. The van der Waals surface area contributed by atoms with Crippen LogP contribution >= 0.6 is 0 Å². The number of hydrogen-bond acceptors (Lipinski definition) is 2. The van der Waals surface area contributed by atoms with Crippen molar-refractivity contribution in [2.24, 2.45) is 5.92 Å². The summed E-state index contributed by atoms with van der Waals surface area (Å²) in [6.07, 6.45) is 7.75. The van der Waals surface area contributed by atoms with Gasteiger partial charge in [-0.25, -0.2) is 4.39 Å².